The molecule has 134 valence electrons. The van der Waals surface area contributed by atoms with Crippen molar-refractivity contribution in [3.05, 3.63) is 11.8 Å². The lowest BCUT2D eigenvalue weighted by molar-refractivity contribution is 0.0681. The number of carbonyl (C=O) groups excluding carboxylic acids is 1. The Kier molecular flexibility index (Phi) is 6.36. The van der Waals surface area contributed by atoms with Crippen molar-refractivity contribution in [3.63, 3.8) is 0 Å². The van der Waals surface area contributed by atoms with Crippen molar-refractivity contribution in [2.45, 2.75) is 64.6 Å². The molecule has 0 aromatic carbocycles. The molecule has 7 heteroatoms. The normalized spacial score (nSPS) is 22.2. The Bertz CT molecular complexity index is 556. The van der Waals surface area contributed by atoms with Gasteiger partial charge in [0.05, 0.1) is 11.7 Å². The predicted octanol–water partition coefficient (Wildman–Crippen LogP) is 2.40. The minimum atomic E-state index is -0.527. The molecule has 1 heterocycles. The van der Waals surface area contributed by atoms with Gasteiger partial charge in [-0.2, -0.15) is 4.98 Å². The second-order valence-corrected chi connectivity index (χ2v) is 6.85. The molecule has 2 rings (SSSR count). The van der Waals surface area contributed by atoms with E-state index in [0.717, 1.165) is 25.7 Å². The highest BCUT2D eigenvalue weighted by Crippen LogP contribution is 2.24. The highest BCUT2D eigenvalue weighted by molar-refractivity contribution is 5.97. The number of hydrogen-bond acceptors (Lipinski definition) is 6. The molecule has 0 unspecified atom stereocenters. The maximum absolute atomic E-state index is 11.6. The van der Waals surface area contributed by atoms with Crippen LogP contribution in [0.15, 0.2) is 6.20 Å². The first-order valence-corrected chi connectivity index (χ1v) is 8.63. The largest absolute Gasteiger partial charge is 0.381 e. The number of amides is 1. The molecule has 4 N–H and O–H groups in total. The minimum Gasteiger partial charge on any atom is -0.381 e. The number of primary amides is 1. The average molecular weight is 335 g/mol. The summed E-state index contributed by atoms with van der Waals surface area (Å²) in [6, 6.07) is 0.495. The van der Waals surface area contributed by atoms with E-state index in [0.29, 0.717) is 35.4 Å². The molecule has 0 bridgehead atoms. The van der Waals surface area contributed by atoms with Crippen molar-refractivity contribution in [1.82, 2.24) is 9.97 Å². The van der Waals surface area contributed by atoms with Gasteiger partial charge in [0.1, 0.15) is 5.82 Å². The molecule has 1 amide bonds. The molecule has 1 fully saturated rings. The third-order valence-corrected chi connectivity index (χ3v) is 4.76. The molecule has 24 heavy (non-hydrogen) atoms. The lowest BCUT2D eigenvalue weighted by Gasteiger charge is -2.28. The molecule has 1 saturated carbocycles. The van der Waals surface area contributed by atoms with Gasteiger partial charge < -0.3 is 21.1 Å². The van der Waals surface area contributed by atoms with Crippen LogP contribution in [0.2, 0.25) is 0 Å². The third-order valence-electron chi connectivity index (χ3n) is 4.76. The van der Waals surface area contributed by atoms with Crippen LogP contribution in [0, 0.1) is 5.92 Å². The van der Waals surface area contributed by atoms with E-state index in [2.05, 4.69) is 41.4 Å². The predicted molar refractivity (Wildman–Crippen MR) is 95.1 cm³/mol. The van der Waals surface area contributed by atoms with Gasteiger partial charge in [0, 0.05) is 25.4 Å². The molecule has 0 spiro atoms. The van der Waals surface area contributed by atoms with Crippen LogP contribution in [0.1, 0.15) is 56.8 Å². The van der Waals surface area contributed by atoms with Gasteiger partial charge in [-0.05, 0) is 38.5 Å². The van der Waals surface area contributed by atoms with Gasteiger partial charge in [0.15, 0.2) is 0 Å². The second-order valence-electron chi connectivity index (χ2n) is 6.85. The molecule has 1 aromatic heterocycles. The molecular weight excluding hydrogens is 306 g/mol. The van der Waals surface area contributed by atoms with Gasteiger partial charge in [-0.15, -0.1) is 0 Å². The minimum absolute atomic E-state index is 0.169. The van der Waals surface area contributed by atoms with Gasteiger partial charge in [-0.1, -0.05) is 13.8 Å². The molecule has 0 aliphatic heterocycles. The van der Waals surface area contributed by atoms with E-state index in [1.807, 2.05) is 0 Å². The van der Waals surface area contributed by atoms with E-state index in [-0.39, 0.29) is 6.04 Å². The van der Waals surface area contributed by atoms with Crippen LogP contribution in [-0.4, -0.2) is 41.2 Å². The van der Waals surface area contributed by atoms with Gasteiger partial charge in [0.2, 0.25) is 5.95 Å². The fourth-order valence-corrected chi connectivity index (χ4v) is 2.75. The van der Waals surface area contributed by atoms with Crippen LogP contribution in [0.5, 0.6) is 0 Å². The zero-order valence-electron chi connectivity index (χ0n) is 15.0. The Balaban J connectivity index is 2.09. The number of ether oxygens (including phenoxy) is 1. The SMILES string of the molecule is CO[C@H]1CC[C@H](Nc2ncc(C(N)=O)c(N[C@H](C)C(C)C)n2)CC1. The van der Waals surface area contributed by atoms with E-state index in [1.54, 1.807) is 7.11 Å². The standard InChI is InChI=1S/C17H29N5O2/c1-10(2)11(3)20-16-14(15(18)23)9-19-17(22-16)21-12-5-7-13(24-4)8-6-12/h9-13H,5-8H2,1-4H3,(H2,18,23)(H2,19,20,21,22)/t11-,12-,13-/m1/s1. The smallest absolute Gasteiger partial charge is 0.254 e. The maximum Gasteiger partial charge on any atom is 0.254 e. The Hall–Kier alpha value is -1.89. The molecular formula is C17H29N5O2. The number of hydrogen-bond donors (Lipinski definition) is 3. The summed E-state index contributed by atoms with van der Waals surface area (Å²) in [4.78, 5) is 20.3. The van der Waals surface area contributed by atoms with E-state index < -0.39 is 5.91 Å². The van der Waals surface area contributed by atoms with Crippen LogP contribution < -0.4 is 16.4 Å². The summed E-state index contributed by atoms with van der Waals surface area (Å²) in [5.41, 5.74) is 5.75. The number of nitrogens with two attached hydrogens (primary N) is 1. The van der Waals surface area contributed by atoms with Crippen LogP contribution in [-0.2, 0) is 4.74 Å². The Labute approximate surface area is 143 Å². The number of rotatable bonds is 7. The number of nitrogens with zero attached hydrogens (tertiary/aromatic N) is 2. The van der Waals surface area contributed by atoms with Gasteiger partial charge in [-0.3, -0.25) is 4.79 Å². The molecule has 0 radical (unpaired) electrons. The molecule has 1 aromatic rings. The van der Waals surface area contributed by atoms with E-state index in [9.17, 15) is 4.79 Å². The van der Waals surface area contributed by atoms with Crippen molar-refractivity contribution in [2.24, 2.45) is 11.7 Å². The number of carbonyl (C=O) groups is 1. The Morgan fingerprint density at radius 2 is 1.96 bits per heavy atom. The van der Waals surface area contributed by atoms with Crippen LogP contribution in [0.3, 0.4) is 0 Å². The quantitative estimate of drug-likeness (QED) is 0.707. The first-order valence-electron chi connectivity index (χ1n) is 8.63. The van der Waals surface area contributed by atoms with Gasteiger partial charge in [0.25, 0.3) is 5.91 Å². The molecule has 7 nitrogen and oxygen atoms in total. The van der Waals surface area contributed by atoms with Crippen LogP contribution in [0.25, 0.3) is 0 Å². The number of nitrogens with one attached hydrogen (secondary N) is 2. The average Bonchev–Trinajstić information content (AvgIpc) is 2.55. The van der Waals surface area contributed by atoms with Crippen molar-refractivity contribution >= 4 is 17.7 Å². The van der Waals surface area contributed by atoms with Crippen molar-refractivity contribution in [1.29, 1.82) is 0 Å². The summed E-state index contributed by atoms with van der Waals surface area (Å²) in [5, 5.41) is 6.64. The Morgan fingerprint density at radius 1 is 1.29 bits per heavy atom. The topological polar surface area (TPSA) is 102 Å². The summed E-state index contributed by atoms with van der Waals surface area (Å²) >= 11 is 0. The van der Waals surface area contributed by atoms with E-state index in [4.69, 9.17) is 10.5 Å². The number of anilines is 2. The van der Waals surface area contributed by atoms with E-state index >= 15 is 0 Å². The van der Waals surface area contributed by atoms with Gasteiger partial charge >= 0.3 is 0 Å². The summed E-state index contributed by atoms with van der Waals surface area (Å²) in [6.45, 7) is 6.27. The van der Waals surface area contributed by atoms with Crippen molar-refractivity contribution in [3.8, 4) is 0 Å². The highest BCUT2D eigenvalue weighted by atomic mass is 16.5. The third kappa shape index (κ3) is 4.80. The van der Waals surface area contributed by atoms with Crippen LogP contribution in [0.4, 0.5) is 11.8 Å². The zero-order chi connectivity index (χ0) is 17.7. The highest BCUT2D eigenvalue weighted by Gasteiger charge is 2.22. The van der Waals surface area contributed by atoms with Crippen LogP contribution >= 0.6 is 0 Å². The van der Waals surface area contributed by atoms with Gasteiger partial charge in [-0.25, -0.2) is 4.98 Å². The van der Waals surface area contributed by atoms with Crippen molar-refractivity contribution < 1.29 is 9.53 Å². The first kappa shape index (κ1) is 18.4. The monoisotopic (exact) mass is 335 g/mol. The lowest BCUT2D eigenvalue weighted by Crippen LogP contribution is -2.30. The first-order chi connectivity index (χ1) is 11.4. The molecule has 0 saturated heterocycles. The lowest BCUT2D eigenvalue weighted by atomic mass is 9.93. The maximum atomic E-state index is 11.6. The summed E-state index contributed by atoms with van der Waals surface area (Å²) in [5.74, 6) is 0.896. The van der Waals surface area contributed by atoms with E-state index in [1.165, 1.54) is 6.20 Å². The number of methoxy groups -OCH3 is 1. The number of aromatic nitrogens is 2. The Morgan fingerprint density at radius 3 is 2.50 bits per heavy atom. The molecule has 1 aliphatic carbocycles. The molecule has 1 atom stereocenters. The second kappa shape index (κ2) is 8.28. The zero-order valence-corrected chi connectivity index (χ0v) is 15.0. The summed E-state index contributed by atoms with van der Waals surface area (Å²) in [6.07, 6.45) is 5.94. The van der Waals surface area contributed by atoms with Crippen molar-refractivity contribution in [2.75, 3.05) is 17.7 Å². The fraction of sp³-hybridized carbons (Fsp3) is 0.706. The molecule has 1 aliphatic rings. The fourth-order valence-electron chi connectivity index (χ4n) is 2.75. The summed E-state index contributed by atoms with van der Waals surface area (Å²) < 4.78 is 5.40. The summed E-state index contributed by atoms with van der Waals surface area (Å²) in [7, 11) is 1.76.